The zero-order valence-corrected chi connectivity index (χ0v) is 22.2. The highest BCUT2D eigenvalue weighted by Gasteiger charge is 2.20. The van der Waals surface area contributed by atoms with Crippen molar-refractivity contribution < 1.29 is 18.7 Å². The Kier molecular flexibility index (Phi) is 8.75. The molecule has 0 aliphatic carbocycles. The van der Waals surface area contributed by atoms with E-state index in [1.54, 1.807) is 16.8 Å². The number of urea groups is 1. The lowest BCUT2D eigenvalue weighted by Crippen LogP contribution is -2.34. The molecule has 10 nitrogen and oxygen atoms in total. The van der Waals surface area contributed by atoms with Gasteiger partial charge in [0.15, 0.2) is 5.65 Å². The lowest BCUT2D eigenvalue weighted by molar-refractivity contribution is 0.0814. The van der Waals surface area contributed by atoms with Crippen LogP contribution in [0.4, 0.5) is 15.0 Å². The molecule has 0 saturated heterocycles. The van der Waals surface area contributed by atoms with E-state index < -0.39 is 13.9 Å². The fourth-order valence-electron chi connectivity index (χ4n) is 3.25. The number of hydrogen-bond donors (Lipinski definition) is 2. The van der Waals surface area contributed by atoms with Gasteiger partial charge in [-0.1, -0.05) is 19.6 Å². The normalized spacial score (nSPS) is 11.8. The molecule has 0 fully saturated rings. The molecule has 2 amide bonds. The van der Waals surface area contributed by atoms with Crippen molar-refractivity contribution in [2.24, 2.45) is 0 Å². The van der Waals surface area contributed by atoms with E-state index in [0.29, 0.717) is 47.8 Å². The van der Waals surface area contributed by atoms with Gasteiger partial charge in [0.05, 0.1) is 18.9 Å². The van der Waals surface area contributed by atoms with Crippen molar-refractivity contribution in [3.8, 4) is 17.1 Å². The number of carbonyl (C=O) groups is 1. The fraction of sp³-hybridized carbons (Fsp3) is 0.478. The maximum absolute atomic E-state index is 14.0. The number of nitrogens with one attached hydrogen (secondary N) is 2. The molecule has 0 radical (unpaired) electrons. The molecule has 3 heterocycles. The van der Waals surface area contributed by atoms with Crippen molar-refractivity contribution >= 4 is 31.0 Å². The van der Waals surface area contributed by atoms with E-state index in [1.165, 1.54) is 13.2 Å². The molecule has 0 saturated carbocycles. The SMILES string of the molecule is COc1ncc(F)cc1-c1nn(COCC[Si](C)(C)C)c2nc(NC(=O)NCCN(C)C)ccc12. The van der Waals surface area contributed by atoms with Gasteiger partial charge in [0.1, 0.15) is 24.1 Å². The summed E-state index contributed by atoms with van der Waals surface area (Å²) in [5, 5.41) is 10.8. The molecular weight excluding hydrogens is 469 g/mol. The van der Waals surface area contributed by atoms with Crippen LogP contribution in [0, 0.1) is 5.82 Å². The Hall–Kier alpha value is -3.09. The van der Waals surface area contributed by atoms with Crippen molar-refractivity contribution in [1.82, 2.24) is 30.0 Å². The molecule has 0 aliphatic heterocycles. The van der Waals surface area contributed by atoms with Crippen LogP contribution in [0.2, 0.25) is 25.7 Å². The van der Waals surface area contributed by atoms with E-state index in [-0.39, 0.29) is 18.6 Å². The zero-order chi connectivity index (χ0) is 25.6. The second-order valence-corrected chi connectivity index (χ2v) is 15.3. The molecule has 0 bridgehead atoms. The van der Waals surface area contributed by atoms with Crippen LogP contribution in [0.25, 0.3) is 22.3 Å². The zero-order valence-electron chi connectivity index (χ0n) is 21.2. The first-order chi connectivity index (χ1) is 16.6. The van der Waals surface area contributed by atoms with Gasteiger partial charge in [-0.3, -0.25) is 5.32 Å². The Morgan fingerprint density at radius 2 is 2.03 bits per heavy atom. The molecular formula is C23H34FN7O3Si. The van der Waals surface area contributed by atoms with Gasteiger partial charge in [0.25, 0.3) is 0 Å². The lowest BCUT2D eigenvalue weighted by atomic mass is 10.1. The van der Waals surface area contributed by atoms with Gasteiger partial charge < -0.3 is 19.7 Å². The van der Waals surface area contributed by atoms with Crippen LogP contribution in [0.3, 0.4) is 0 Å². The summed E-state index contributed by atoms with van der Waals surface area (Å²) in [6.07, 6.45) is 1.09. The molecule has 190 valence electrons. The number of rotatable bonds is 11. The van der Waals surface area contributed by atoms with Gasteiger partial charge in [-0.25, -0.2) is 23.8 Å². The van der Waals surface area contributed by atoms with Crippen LogP contribution >= 0.6 is 0 Å². The van der Waals surface area contributed by atoms with Crippen LogP contribution < -0.4 is 15.4 Å². The smallest absolute Gasteiger partial charge is 0.320 e. The highest BCUT2D eigenvalue weighted by Crippen LogP contribution is 2.33. The molecule has 3 rings (SSSR count). The Balaban J connectivity index is 1.92. The average molecular weight is 504 g/mol. The number of likely N-dealkylation sites (N-methyl/N-ethyl adjacent to an activating group) is 1. The number of amides is 2. The molecule has 35 heavy (non-hydrogen) atoms. The summed E-state index contributed by atoms with van der Waals surface area (Å²) in [6, 6.07) is 5.44. The average Bonchev–Trinajstić information content (AvgIpc) is 3.13. The second kappa shape index (κ2) is 11.6. The minimum atomic E-state index is -1.26. The Labute approximate surface area is 205 Å². The number of aromatic nitrogens is 4. The number of methoxy groups -OCH3 is 1. The van der Waals surface area contributed by atoms with Crippen molar-refractivity contribution in [2.75, 3.05) is 46.2 Å². The minimum Gasteiger partial charge on any atom is -0.481 e. The molecule has 0 aromatic carbocycles. The first-order valence-corrected chi connectivity index (χ1v) is 15.1. The topological polar surface area (TPSA) is 106 Å². The molecule has 3 aromatic heterocycles. The summed E-state index contributed by atoms with van der Waals surface area (Å²) in [7, 11) is 4.08. The van der Waals surface area contributed by atoms with Gasteiger partial charge in [-0.2, -0.15) is 5.10 Å². The molecule has 2 N–H and O–H groups in total. The monoisotopic (exact) mass is 503 g/mol. The van der Waals surface area contributed by atoms with Gasteiger partial charge in [-0.05, 0) is 38.3 Å². The lowest BCUT2D eigenvalue weighted by Gasteiger charge is -2.15. The van der Waals surface area contributed by atoms with E-state index in [0.717, 1.165) is 12.2 Å². The second-order valence-electron chi connectivity index (χ2n) is 9.66. The van der Waals surface area contributed by atoms with Crippen LogP contribution in [0.1, 0.15) is 0 Å². The van der Waals surface area contributed by atoms with Crippen LogP contribution in [-0.2, 0) is 11.5 Å². The maximum Gasteiger partial charge on any atom is 0.320 e. The predicted octanol–water partition coefficient (Wildman–Crippen LogP) is 3.64. The standard InChI is InChI=1S/C23H34FN7O3Si/c1-30(2)10-9-25-23(32)28-19-8-7-17-20(18-13-16(24)14-26-22(18)33-3)29-31(21(17)27-19)15-34-11-12-35(4,5)6/h7-8,13-14H,9-12,15H2,1-6H3,(H2,25,27,28,32). The summed E-state index contributed by atoms with van der Waals surface area (Å²) in [5.74, 6) is 0.106. The highest BCUT2D eigenvalue weighted by atomic mass is 28.3. The number of pyridine rings is 2. The third kappa shape index (κ3) is 7.44. The molecule has 12 heteroatoms. The van der Waals surface area contributed by atoms with E-state index in [1.807, 2.05) is 19.0 Å². The predicted molar refractivity (Wildman–Crippen MR) is 137 cm³/mol. The van der Waals surface area contributed by atoms with E-state index in [2.05, 4.69) is 45.3 Å². The highest BCUT2D eigenvalue weighted by molar-refractivity contribution is 6.76. The number of halogens is 1. The molecule has 3 aromatic rings. The first-order valence-electron chi connectivity index (χ1n) is 11.4. The summed E-state index contributed by atoms with van der Waals surface area (Å²) in [6.45, 7) is 8.83. The summed E-state index contributed by atoms with van der Waals surface area (Å²) in [4.78, 5) is 22.9. The van der Waals surface area contributed by atoms with Gasteiger partial charge in [-0.15, -0.1) is 0 Å². The largest absolute Gasteiger partial charge is 0.481 e. The number of carbonyl (C=O) groups excluding carboxylic acids is 1. The van der Waals surface area contributed by atoms with E-state index in [4.69, 9.17) is 9.47 Å². The number of anilines is 1. The van der Waals surface area contributed by atoms with Crippen LogP contribution in [-0.4, -0.2) is 79.7 Å². The first kappa shape index (κ1) is 26.5. The van der Waals surface area contributed by atoms with E-state index in [9.17, 15) is 9.18 Å². The van der Waals surface area contributed by atoms with Crippen LogP contribution in [0.15, 0.2) is 24.4 Å². The van der Waals surface area contributed by atoms with Crippen molar-refractivity contribution in [2.45, 2.75) is 32.4 Å². The van der Waals surface area contributed by atoms with Gasteiger partial charge in [0, 0.05) is 33.2 Å². The van der Waals surface area contributed by atoms with Gasteiger partial charge in [0.2, 0.25) is 5.88 Å². The molecule has 0 atom stereocenters. The number of hydrogen-bond acceptors (Lipinski definition) is 7. The maximum atomic E-state index is 14.0. The van der Waals surface area contributed by atoms with Crippen LogP contribution in [0.5, 0.6) is 5.88 Å². The third-order valence-corrected chi connectivity index (χ3v) is 6.86. The summed E-state index contributed by atoms with van der Waals surface area (Å²) >= 11 is 0. The Morgan fingerprint density at radius 3 is 2.71 bits per heavy atom. The number of ether oxygens (including phenoxy) is 2. The Morgan fingerprint density at radius 1 is 1.26 bits per heavy atom. The fourth-order valence-corrected chi connectivity index (χ4v) is 4.01. The Bertz CT molecular complexity index is 1160. The van der Waals surface area contributed by atoms with E-state index >= 15 is 0 Å². The number of fused-ring (bicyclic) bond motifs is 1. The quantitative estimate of drug-likeness (QED) is 0.304. The summed E-state index contributed by atoms with van der Waals surface area (Å²) in [5.41, 5.74) is 1.36. The van der Waals surface area contributed by atoms with Crippen molar-refractivity contribution in [3.63, 3.8) is 0 Å². The molecule has 0 spiro atoms. The molecule has 0 aliphatic rings. The number of nitrogens with zero attached hydrogens (tertiary/aromatic N) is 5. The molecule has 0 unspecified atom stereocenters. The third-order valence-electron chi connectivity index (χ3n) is 5.16. The summed E-state index contributed by atoms with van der Waals surface area (Å²) < 4.78 is 26.9. The van der Waals surface area contributed by atoms with Crippen molar-refractivity contribution in [1.29, 1.82) is 0 Å². The minimum absolute atomic E-state index is 0.164. The van der Waals surface area contributed by atoms with Crippen molar-refractivity contribution in [3.05, 3.63) is 30.2 Å². The van der Waals surface area contributed by atoms with Gasteiger partial charge >= 0.3 is 6.03 Å².